The molecule has 1 fully saturated rings. The van der Waals surface area contributed by atoms with Gasteiger partial charge in [-0.2, -0.15) is 0 Å². The molecule has 32 heavy (non-hydrogen) atoms. The Morgan fingerprint density at radius 3 is 2.62 bits per heavy atom. The summed E-state index contributed by atoms with van der Waals surface area (Å²) in [5.41, 5.74) is 10.0. The van der Waals surface area contributed by atoms with Crippen molar-refractivity contribution in [1.82, 2.24) is 14.9 Å². The minimum Gasteiger partial charge on any atom is -0.492 e. The predicted molar refractivity (Wildman–Crippen MR) is 126 cm³/mol. The lowest BCUT2D eigenvalue weighted by molar-refractivity contribution is 0.102. The van der Waals surface area contributed by atoms with Crippen molar-refractivity contribution in [2.75, 3.05) is 30.7 Å². The van der Waals surface area contributed by atoms with E-state index in [1.54, 1.807) is 6.20 Å². The Labute approximate surface area is 188 Å². The van der Waals surface area contributed by atoms with Gasteiger partial charge in [-0.3, -0.25) is 14.7 Å². The highest BCUT2D eigenvalue weighted by atomic mass is 16.5. The smallest absolute Gasteiger partial charge is 0.275 e. The summed E-state index contributed by atoms with van der Waals surface area (Å²) in [6, 6.07) is 14.2. The van der Waals surface area contributed by atoms with Crippen molar-refractivity contribution in [1.29, 1.82) is 0 Å². The number of hydrogen-bond donors (Lipinski definition) is 2. The zero-order valence-electron chi connectivity index (χ0n) is 18.3. The van der Waals surface area contributed by atoms with Crippen LogP contribution in [-0.4, -0.2) is 40.5 Å². The quantitative estimate of drug-likeness (QED) is 0.548. The molecule has 7 nitrogen and oxygen atoms in total. The SMILES string of the molecule is CCOc1ccc(C2CCN(Cc3ccc(N)cc3)CC2)cc1NC(=O)c1cnccn1. The molecule has 0 spiro atoms. The van der Waals surface area contributed by atoms with Crippen LogP contribution in [0, 0.1) is 0 Å². The Morgan fingerprint density at radius 1 is 1.16 bits per heavy atom. The lowest BCUT2D eigenvalue weighted by Crippen LogP contribution is -2.32. The third kappa shape index (κ3) is 5.42. The first-order valence-corrected chi connectivity index (χ1v) is 11.0. The van der Waals surface area contributed by atoms with Gasteiger partial charge in [-0.25, -0.2) is 4.98 Å². The fourth-order valence-electron chi connectivity index (χ4n) is 4.09. The summed E-state index contributed by atoms with van der Waals surface area (Å²) >= 11 is 0. The number of ether oxygens (including phenoxy) is 1. The monoisotopic (exact) mass is 431 g/mol. The minimum absolute atomic E-state index is 0.274. The zero-order valence-corrected chi connectivity index (χ0v) is 18.3. The zero-order chi connectivity index (χ0) is 22.3. The normalized spacial score (nSPS) is 14.8. The third-order valence-electron chi connectivity index (χ3n) is 5.79. The van der Waals surface area contributed by atoms with E-state index >= 15 is 0 Å². The number of carbonyl (C=O) groups excluding carboxylic acids is 1. The molecule has 1 aliphatic rings. The number of likely N-dealkylation sites (tertiary alicyclic amines) is 1. The second kappa shape index (κ2) is 10.2. The van der Waals surface area contributed by atoms with Crippen LogP contribution in [0.4, 0.5) is 11.4 Å². The second-order valence-electron chi connectivity index (χ2n) is 8.03. The number of nitrogens with one attached hydrogen (secondary N) is 1. The number of nitrogen functional groups attached to an aromatic ring is 1. The summed E-state index contributed by atoms with van der Waals surface area (Å²) in [6.45, 7) is 5.46. The maximum atomic E-state index is 12.6. The van der Waals surface area contributed by atoms with E-state index in [0.717, 1.165) is 38.2 Å². The van der Waals surface area contributed by atoms with E-state index in [9.17, 15) is 4.79 Å². The number of carbonyl (C=O) groups is 1. The van der Waals surface area contributed by atoms with Crippen molar-refractivity contribution in [2.24, 2.45) is 0 Å². The Kier molecular flexibility index (Phi) is 6.97. The lowest BCUT2D eigenvalue weighted by atomic mass is 9.89. The van der Waals surface area contributed by atoms with Crippen LogP contribution in [0.5, 0.6) is 5.75 Å². The molecule has 3 N–H and O–H groups in total. The molecule has 0 bridgehead atoms. The molecule has 1 saturated heterocycles. The number of hydrogen-bond acceptors (Lipinski definition) is 6. The van der Waals surface area contributed by atoms with Gasteiger partial charge < -0.3 is 15.8 Å². The van der Waals surface area contributed by atoms with Crippen LogP contribution in [0.25, 0.3) is 0 Å². The average Bonchev–Trinajstić information content (AvgIpc) is 2.83. The van der Waals surface area contributed by atoms with Gasteiger partial charge in [0.05, 0.1) is 18.5 Å². The Morgan fingerprint density at radius 2 is 1.94 bits per heavy atom. The fourth-order valence-corrected chi connectivity index (χ4v) is 4.09. The van der Waals surface area contributed by atoms with Gasteiger partial charge in [0, 0.05) is 24.6 Å². The molecule has 0 radical (unpaired) electrons. The van der Waals surface area contributed by atoms with Gasteiger partial charge in [0.1, 0.15) is 11.4 Å². The topological polar surface area (TPSA) is 93.4 Å². The first-order valence-electron chi connectivity index (χ1n) is 11.0. The number of nitrogens with two attached hydrogens (primary N) is 1. The molecular weight excluding hydrogens is 402 g/mol. The van der Waals surface area contributed by atoms with E-state index in [0.29, 0.717) is 24.0 Å². The van der Waals surface area contributed by atoms with Crippen molar-refractivity contribution in [3.05, 3.63) is 77.9 Å². The molecule has 1 aliphatic heterocycles. The first-order chi connectivity index (χ1) is 15.6. The molecule has 4 rings (SSSR count). The third-order valence-corrected chi connectivity index (χ3v) is 5.79. The summed E-state index contributed by atoms with van der Waals surface area (Å²) < 4.78 is 5.74. The predicted octanol–water partition coefficient (Wildman–Crippen LogP) is 4.09. The van der Waals surface area contributed by atoms with Crippen molar-refractivity contribution in [2.45, 2.75) is 32.2 Å². The van der Waals surface area contributed by atoms with Crippen molar-refractivity contribution >= 4 is 17.3 Å². The van der Waals surface area contributed by atoms with Gasteiger partial charge >= 0.3 is 0 Å². The molecule has 166 valence electrons. The molecular formula is C25H29N5O2. The summed E-state index contributed by atoms with van der Waals surface area (Å²) in [5, 5.41) is 2.95. The van der Waals surface area contributed by atoms with Crippen LogP contribution < -0.4 is 15.8 Å². The summed E-state index contributed by atoms with van der Waals surface area (Å²) in [6.07, 6.45) is 6.65. The molecule has 0 saturated carbocycles. The van der Waals surface area contributed by atoms with E-state index in [2.05, 4.69) is 38.4 Å². The van der Waals surface area contributed by atoms with E-state index in [-0.39, 0.29) is 11.6 Å². The highest BCUT2D eigenvalue weighted by Gasteiger charge is 2.22. The molecule has 2 heterocycles. The van der Waals surface area contributed by atoms with Crippen LogP contribution in [-0.2, 0) is 6.54 Å². The van der Waals surface area contributed by atoms with Crippen molar-refractivity contribution in [3.63, 3.8) is 0 Å². The highest BCUT2D eigenvalue weighted by molar-refractivity contribution is 6.03. The second-order valence-corrected chi connectivity index (χ2v) is 8.03. The number of nitrogens with zero attached hydrogens (tertiary/aromatic N) is 3. The largest absolute Gasteiger partial charge is 0.492 e. The molecule has 1 amide bonds. The number of benzene rings is 2. The molecule has 0 unspecified atom stereocenters. The lowest BCUT2D eigenvalue weighted by Gasteiger charge is -2.32. The minimum atomic E-state index is -0.297. The van der Waals surface area contributed by atoms with E-state index in [1.165, 1.54) is 23.5 Å². The van der Waals surface area contributed by atoms with E-state index < -0.39 is 0 Å². The van der Waals surface area contributed by atoms with Gasteiger partial charge in [-0.15, -0.1) is 0 Å². The fraction of sp³-hybridized carbons (Fsp3) is 0.320. The molecule has 7 heteroatoms. The number of amides is 1. The molecule has 1 aromatic heterocycles. The number of rotatable bonds is 7. The number of piperidine rings is 1. The van der Waals surface area contributed by atoms with Crippen LogP contribution in [0.1, 0.15) is 47.3 Å². The Hall–Kier alpha value is -3.45. The maximum Gasteiger partial charge on any atom is 0.275 e. The first kappa shape index (κ1) is 21.8. The Bertz CT molecular complexity index is 1030. The molecule has 0 atom stereocenters. The average molecular weight is 432 g/mol. The highest BCUT2D eigenvalue weighted by Crippen LogP contribution is 2.34. The summed E-state index contributed by atoms with van der Waals surface area (Å²) in [4.78, 5) is 23.1. The standard InChI is InChI=1S/C25H29N5O2/c1-2-32-24-8-5-20(15-22(24)29-25(31)23-16-27-11-12-28-23)19-9-13-30(14-10-19)17-18-3-6-21(26)7-4-18/h3-8,11-12,15-16,19H,2,9-10,13-14,17,26H2,1H3,(H,29,31). The number of aromatic nitrogens is 2. The van der Waals surface area contributed by atoms with Crippen LogP contribution in [0.2, 0.25) is 0 Å². The summed E-state index contributed by atoms with van der Waals surface area (Å²) in [7, 11) is 0. The van der Waals surface area contributed by atoms with Crippen molar-refractivity contribution < 1.29 is 9.53 Å². The maximum absolute atomic E-state index is 12.6. The van der Waals surface area contributed by atoms with E-state index in [4.69, 9.17) is 10.5 Å². The van der Waals surface area contributed by atoms with Gasteiger partial charge in [0.25, 0.3) is 5.91 Å². The molecule has 0 aliphatic carbocycles. The van der Waals surface area contributed by atoms with Gasteiger partial charge in [0.2, 0.25) is 0 Å². The van der Waals surface area contributed by atoms with Crippen LogP contribution in [0.15, 0.2) is 61.1 Å². The van der Waals surface area contributed by atoms with Gasteiger partial charge in [-0.05, 0) is 74.2 Å². The molecule has 2 aromatic carbocycles. The summed E-state index contributed by atoms with van der Waals surface area (Å²) in [5.74, 6) is 0.810. The Balaban J connectivity index is 1.43. The van der Waals surface area contributed by atoms with Crippen LogP contribution in [0.3, 0.4) is 0 Å². The van der Waals surface area contributed by atoms with Gasteiger partial charge in [-0.1, -0.05) is 18.2 Å². The van der Waals surface area contributed by atoms with Crippen molar-refractivity contribution in [3.8, 4) is 5.75 Å². The molecule has 3 aromatic rings. The van der Waals surface area contributed by atoms with Gasteiger partial charge in [0.15, 0.2) is 0 Å². The van der Waals surface area contributed by atoms with Crippen LogP contribution >= 0.6 is 0 Å². The van der Waals surface area contributed by atoms with E-state index in [1.807, 2.05) is 31.2 Å². The number of anilines is 2.